The zero-order valence-corrected chi connectivity index (χ0v) is 31.3. The molecule has 47 heavy (non-hydrogen) atoms. The quantitative estimate of drug-likeness (QED) is 0.0743. The molecule has 1 atom stereocenters. The molecule has 1 aliphatic heterocycles. The van der Waals surface area contributed by atoms with Gasteiger partial charge in [-0.3, -0.25) is 9.89 Å². The van der Waals surface area contributed by atoms with Crippen molar-refractivity contribution in [3.05, 3.63) is 121 Å². The van der Waals surface area contributed by atoms with Crippen molar-refractivity contribution in [2.75, 3.05) is 26.9 Å². The van der Waals surface area contributed by atoms with Crippen LogP contribution in [0.4, 0.5) is 0 Å². The Morgan fingerprint density at radius 3 is 1.66 bits per heavy atom. The summed E-state index contributed by atoms with van der Waals surface area (Å²) in [6.07, 6.45) is 9.49. The fraction of sp³-hybridized carbons (Fsp3) is 0.316. The Morgan fingerprint density at radius 1 is 0.702 bits per heavy atom. The fourth-order valence-electron chi connectivity index (χ4n) is 6.27. The minimum absolute atomic E-state index is 0. The van der Waals surface area contributed by atoms with E-state index in [9.17, 15) is 0 Å². The molecule has 0 radical (unpaired) electrons. The average Bonchev–Trinajstić information content (AvgIpc) is 3.10. The standard InChI is InChI=1S/C38H47IN5OP.ClH/c1-44(2)38-42-36(41-37(40)43-38)31-25-27-32(28-26-31)45-29-17-6-4-3-5-7-18-30-46(39,33-19-11-8-12-20-33,34-21-13-9-14-22-34)35-23-15-10-16-24-35;/h8-16,19-28,36H,3-7,17-18,29-30H2,1-2H3,(H3,40,41,42,43);1H. The van der Waals surface area contributed by atoms with E-state index < -0.39 is 4.25 Å². The minimum Gasteiger partial charge on any atom is -1.00 e. The van der Waals surface area contributed by atoms with E-state index in [1.807, 2.05) is 42.9 Å². The number of hydrogen-bond acceptors (Lipinski definition) is 3. The van der Waals surface area contributed by atoms with Crippen molar-refractivity contribution < 1.29 is 21.7 Å². The predicted molar refractivity (Wildman–Crippen MR) is 206 cm³/mol. The van der Waals surface area contributed by atoms with Crippen molar-refractivity contribution in [3.63, 3.8) is 0 Å². The first-order valence-electron chi connectivity index (χ1n) is 16.4. The Bertz CT molecular complexity index is 1500. The molecule has 4 N–H and O–H groups in total. The van der Waals surface area contributed by atoms with Gasteiger partial charge in [-0.25, -0.2) is 5.32 Å². The van der Waals surface area contributed by atoms with Crippen LogP contribution in [0.15, 0.2) is 120 Å². The van der Waals surface area contributed by atoms with Crippen molar-refractivity contribution >= 4 is 54.1 Å². The van der Waals surface area contributed by atoms with Gasteiger partial charge in [-0.1, -0.05) is 0 Å². The Labute approximate surface area is 300 Å². The van der Waals surface area contributed by atoms with Gasteiger partial charge in [0.2, 0.25) is 0 Å². The third kappa shape index (κ3) is 8.87. The monoisotopic (exact) mass is 783 g/mol. The molecule has 1 aliphatic rings. The topological polar surface area (TPSA) is 74.7 Å². The summed E-state index contributed by atoms with van der Waals surface area (Å²) in [6.45, 7) is 0.739. The summed E-state index contributed by atoms with van der Waals surface area (Å²) < 4.78 is 5.34. The molecule has 1 heterocycles. The van der Waals surface area contributed by atoms with Crippen LogP contribution in [0.2, 0.25) is 0 Å². The van der Waals surface area contributed by atoms with Crippen molar-refractivity contribution in [3.8, 4) is 5.75 Å². The van der Waals surface area contributed by atoms with Crippen LogP contribution in [0.3, 0.4) is 0 Å². The molecule has 0 aromatic heterocycles. The van der Waals surface area contributed by atoms with Gasteiger partial charge in [-0.05, 0) is 12.1 Å². The van der Waals surface area contributed by atoms with Crippen molar-refractivity contribution in [2.24, 2.45) is 10.7 Å². The number of aliphatic imine (C=N–C) groups is 1. The van der Waals surface area contributed by atoms with E-state index in [2.05, 4.69) is 129 Å². The van der Waals surface area contributed by atoms with Crippen LogP contribution in [0, 0.1) is 0 Å². The second kappa shape index (κ2) is 17.3. The van der Waals surface area contributed by atoms with Gasteiger partial charge < -0.3 is 18.1 Å². The zero-order valence-electron chi connectivity index (χ0n) is 27.5. The van der Waals surface area contributed by atoms with Gasteiger partial charge in [0.15, 0.2) is 6.17 Å². The number of rotatable bonds is 15. The number of nitrogens with one attached hydrogen (secondary N) is 2. The third-order valence-electron chi connectivity index (χ3n) is 8.81. The molecule has 5 rings (SSSR count). The van der Waals surface area contributed by atoms with Crippen molar-refractivity contribution in [1.82, 2.24) is 10.6 Å². The van der Waals surface area contributed by atoms with E-state index in [0.717, 1.165) is 30.3 Å². The van der Waals surface area contributed by atoms with Gasteiger partial charge in [-0.2, -0.15) is 4.99 Å². The molecule has 9 heteroatoms. The predicted octanol–water partition coefficient (Wildman–Crippen LogP) is 3.81. The van der Waals surface area contributed by atoms with Crippen molar-refractivity contribution in [2.45, 2.75) is 51.1 Å². The molecule has 6 nitrogen and oxygen atoms in total. The van der Waals surface area contributed by atoms with E-state index in [1.54, 1.807) is 0 Å². The molecule has 0 aliphatic carbocycles. The molecule has 0 bridgehead atoms. The van der Waals surface area contributed by atoms with Crippen LogP contribution >= 0.6 is 26.3 Å². The van der Waals surface area contributed by atoms with Crippen molar-refractivity contribution in [1.29, 1.82) is 0 Å². The van der Waals surface area contributed by atoms with E-state index in [4.69, 9.17) is 10.5 Å². The van der Waals surface area contributed by atoms with Gasteiger partial charge in [0.05, 0.1) is 14.1 Å². The Balaban J connectivity index is 0.00000500. The number of hydrogen-bond donors (Lipinski definition) is 3. The molecular formula is C38H48ClIN5OP. The molecular weight excluding hydrogens is 736 g/mol. The van der Waals surface area contributed by atoms with Gasteiger partial charge in [0, 0.05) is 5.56 Å². The average molecular weight is 784 g/mol. The Morgan fingerprint density at radius 2 is 1.17 bits per heavy atom. The number of unbranched alkanes of at least 4 members (excludes halogenated alkanes) is 6. The van der Waals surface area contributed by atoms with E-state index in [0.29, 0.717) is 5.96 Å². The fourth-order valence-corrected chi connectivity index (χ4v) is 15.1. The maximum absolute atomic E-state index is 6.05. The summed E-state index contributed by atoms with van der Waals surface area (Å²) >= 11 is 2.91. The molecule has 0 fully saturated rings. The second-order valence-electron chi connectivity index (χ2n) is 12.2. The maximum atomic E-state index is 6.05. The molecule has 4 aromatic carbocycles. The zero-order chi connectivity index (χ0) is 32.3. The molecule has 0 amide bonds. The molecule has 0 saturated carbocycles. The molecule has 0 spiro atoms. The Kier molecular flexibility index (Phi) is 13.5. The molecule has 1 unspecified atom stereocenters. The summed E-state index contributed by atoms with van der Waals surface area (Å²) in [6, 6.07) is 41.9. The first-order valence-corrected chi connectivity index (χ1v) is 21.6. The summed E-state index contributed by atoms with van der Waals surface area (Å²) in [5.41, 5.74) is 7.02. The van der Waals surface area contributed by atoms with Crippen LogP contribution < -0.4 is 49.4 Å². The summed E-state index contributed by atoms with van der Waals surface area (Å²) in [5, 5.41) is 10.8. The summed E-state index contributed by atoms with van der Waals surface area (Å²) in [5.74, 6) is 2.12. The first-order chi connectivity index (χ1) is 22.4. The van der Waals surface area contributed by atoms with Crippen LogP contribution in [-0.2, 0) is 0 Å². The van der Waals surface area contributed by atoms with E-state index in [1.165, 1.54) is 60.6 Å². The third-order valence-corrected chi connectivity index (χ3v) is 20.5. The van der Waals surface area contributed by atoms with E-state index in [-0.39, 0.29) is 18.6 Å². The molecule has 0 saturated heterocycles. The number of nitrogens with two attached hydrogens (primary N) is 1. The normalized spacial score (nSPS) is 15.2. The number of ether oxygens (including phenoxy) is 1. The number of nitrogens with zero attached hydrogens (tertiary/aromatic N) is 2. The van der Waals surface area contributed by atoms with Gasteiger partial charge >= 0.3 is 219 Å². The van der Waals surface area contributed by atoms with Crippen LogP contribution in [0.5, 0.6) is 5.75 Å². The van der Waals surface area contributed by atoms with Crippen LogP contribution in [0.25, 0.3) is 0 Å². The SMILES string of the molecule is C[N+](C)=C1NC(N)=NC(c2ccc(OCCCCCCCCCP(I)(c3ccccc3)(c3ccccc3)c3ccccc3)cc2)N1.[Cl-]. The smallest absolute Gasteiger partial charge is 1.00 e. The van der Waals surface area contributed by atoms with Gasteiger partial charge in [0.25, 0.3) is 5.96 Å². The number of halogens is 2. The van der Waals surface area contributed by atoms with Gasteiger partial charge in [-0.15, -0.1) is 0 Å². The number of benzene rings is 4. The number of guanidine groups is 2. The van der Waals surface area contributed by atoms with Crippen LogP contribution in [0.1, 0.15) is 56.7 Å². The molecule has 250 valence electrons. The first kappa shape index (κ1) is 36.7. The Hall–Kier alpha value is -3.13. The molecule has 4 aromatic rings. The van der Waals surface area contributed by atoms with E-state index >= 15 is 0 Å². The summed E-state index contributed by atoms with van der Waals surface area (Å²) in [7, 11) is 3.91. The van der Waals surface area contributed by atoms with Gasteiger partial charge in [0.1, 0.15) is 0 Å². The minimum atomic E-state index is -2.65. The summed E-state index contributed by atoms with van der Waals surface area (Å²) in [4.78, 5) is 4.48. The second-order valence-corrected chi connectivity index (χ2v) is 23.0. The van der Waals surface area contributed by atoms with Crippen LogP contribution in [-0.4, -0.2) is 43.4 Å².